The van der Waals surface area contributed by atoms with E-state index in [0.717, 1.165) is 41.3 Å². The van der Waals surface area contributed by atoms with E-state index in [0.29, 0.717) is 12.6 Å². The Hall–Kier alpha value is -1.55. The number of aliphatic imine (C=N–C) groups is 1. The Morgan fingerprint density at radius 3 is 2.79 bits per heavy atom. The van der Waals surface area contributed by atoms with Crippen molar-refractivity contribution < 1.29 is 0 Å². The second-order valence-corrected chi connectivity index (χ2v) is 7.69. The largest absolute Gasteiger partial charge is 0.368 e. The molecule has 8 heteroatoms. The SMILES string of the molecule is CN=C(NCc1cccnc1N(C)C)NC1CCN(c2ccccc2Br)C1.I. The van der Waals surface area contributed by atoms with Gasteiger partial charge in [-0.05, 0) is 40.5 Å². The highest BCUT2D eigenvalue weighted by atomic mass is 127. The first kappa shape index (κ1) is 22.7. The molecule has 1 saturated heterocycles. The lowest BCUT2D eigenvalue weighted by molar-refractivity contribution is 0.648. The van der Waals surface area contributed by atoms with Crippen LogP contribution in [0.1, 0.15) is 12.0 Å². The number of hydrogen-bond acceptors (Lipinski definition) is 4. The fourth-order valence-corrected chi connectivity index (χ4v) is 3.88. The number of anilines is 2. The standard InChI is InChI=1S/C20H27BrN6.HI/c1-22-20(24-13-15-7-6-11-23-19(15)26(2)3)25-16-10-12-27(14-16)18-9-5-4-8-17(18)21;/h4-9,11,16H,10,12-14H2,1-3H3,(H2,22,24,25);1H. The second-order valence-electron chi connectivity index (χ2n) is 6.83. The van der Waals surface area contributed by atoms with Crippen LogP contribution in [0.5, 0.6) is 0 Å². The number of pyridine rings is 1. The third kappa shape index (κ3) is 5.73. The average Bonchev–Trinajstić information content (AvgIpc) is 3.14. The summed E-state index contributed by atoms with van der Waals surface area (Å²) in [5, 5.41) is 6.97. The van der Waals surface area contributed by atoms with Crippen molar-refractivity contribution in [1.29, 1.82) is 0 Å². The maximum absolute atomic E-state index is 4.45. The van der Waals surface area contributed by atoms with Gasteiger partial charge in [0.2, 0.25) is 0 Å². The van der Waals surface area contributed by atoms with Crippen LogP contribution in [0.25, 0.3) is 0 Å². The van der Waals surface area contributed by atoms with Gasteiger partial charge in [-0.2, -0.15) is 0 Å². The maximum Gasteiger partial charge on any atom is 0.191 e. The van der Waals surface area contributed by atoms with Crippen LogP contribution in [0, 0.1) is 0 Å². The molecule has 2 heterocycles. The van der Waals surface area contributed by atoms with Gasteiger partial charge in [-0.1, -0.05) is 18.2 Å². The van der Waals surface area contributed by atoms with E-state index in [1.807, 2.05) is 44.4 Å². The summed E-state index contributed by atoms with van der Waals surface area (Å²) in [6, 6.07) is 12.8. The van der Waals surface area contributed by atoms with E-state index in [4.69, 9.17) is 0 Å². The number of benzene rings is 1. The van der Waals surface area contributed by atoms with Gasteiger partial charge in [-0.25, -0.2) is 4.98 Å². The van der Waals surface area contributed by atoms with Gasteiger partial charge >= 0.3 is 0 Å². The molecule has 3 rings (SSSR count). The van der Waals surface area contributed by atoms with Gasteiger partial charge in [0.25, 0.3) is 0 Å². The van der Waals surface area contributed by atoms with Gasteiger partial charge < -0.3 is 20.4 Å². The molecule has 6 nitrogen and oxygen atoms in total. The number of rotatable bonds is 5. The number of guanidine groups is 1. The molecule has 0 saturated carbocycles. The first-order valence-electron chi connectivity index (χ1n) is 9.16. The zero-order valence-corrected chi connectivity index (χ0v) is 20.4. The molecule has 0 aliphatic carbocycles. The van der Waals surface area contributed by atoms with Crippen LogP contribution in [0.3, 0.4) is 0 Å². The van der Waals surface area contributed by atoms with E-state index < -0.39 is 0 Å². The summed E-state index contributed by atoms with van der Waals surface area (Å²) in [7, 11) is 5.83. The van der Waals surface area contributed by atoms with E-state index in [2.05, 4.69) is 65.7 Å². The molecule has 1 aliphatic rings. The van der Waals surface area contributed by atoms with Gasteiger partial charge in [-0.3, -0.25) is 4.99 Å². The lowest BCUT2D eigenvalue weighted by Gasteiger charge is -2.22. The van der Waals surface area contributed by atoms with E-state index >= 15 is 0 Å². The first-order valence-corrected chi connectivity index (χ1v) is 9.95. The van der Waals surface area contributed by atoms with Crippen molar-refractivity contribution in [1.82, 2.24) is 15.6 Å². The van der Waals surface area contributed by atoms with Crippen LogP contribution in [-0.4, -0.2) is 51.2 Å². The highest BCUT2D eigenvalue weighted by molar-refractivity contribution is 14.0. The molecule has 28 heavy (non-hydrogen) atoms. The molecule has 2 N–H and O–H groups in total. The normalized spacial score (nSPS) is 16.5. The van der Waals surface area contributed by atoms with Crippen molar-refractivity contribution in [2.45, 2.75) is 19.0 Å². The Kier molecular flexibility index (Phi) is 8.81. The summed E-state index contributed by atoms with van der Waals surface area (Å²) in [5.74, 6) is 1.80. The number of aromatic nitrogens is 1. The summed E-state index contributed by atoms with van der Waals surface area (Å²) >= 11 is 3.65. The van der Waals surface area contributed by atoms with Gasteiger partial charge in [0.1, 0.15) is 5.82 Å². The molecule has 1 aromatic carbocycles. The third-order valence-electron chi connectivity index (χ3n) is 4.68. The summed E-state index contributed by atoms with van der Waals surface area (Å²) < 4.78 is 1.14. The molecule has 1 aromatic heterocycles. The first-order chi connectivity index (χ1) is 13.1. The fraction of sp³-hybridized carbons (Fsp3) is 0.400. The quantitative estimate of drug-likeness (QED) is 0.334. The Morgan fingerprint density at radius 2 is 2.07 bits per heavy atom. The monoisotopic (exact) mass is 558 g/mol. The van der Waals surface area contributed by atoms with Crippen LogP contribution < -0.4 is 20.4 Å². The van der Waals surface area contributed by atoms with Crippen LogP contribution in [-0.2, 0) is 6.54 Å². The molecule has 2 aromatic rings. The second kappa shape index (κ2) is 10.8. The van der Waals surface area contributed by atoms with E-state index in [-0.39, 0.29) is 24.0 Å². The van der Waals surface area contributed by atoms with Crippen molar-refractivity contribution in [3.8, 4) is 0 Å². The number of halogens is 2. The predicted molar refractivity (Wildman–Crippen MR) is 132 cm³/mol. The van der Waals surface area contributed by atoms with Crippen molar-refractivity contribution in [3.63, 3.8) is 0 Å². The maximum atomic E-state index is 4.45. The number of hydrogen-bond donors (Lipinski definition) is 2. The zero-order chi connectivity index (χ0) is 19.2. The fourth-order valence-electron chi connectivity index (χ4n) is 3.34. The molecular formula is C20H28BrIN6. The summed E-state index contributed by atoms with van der Waals surface area (Å²) in [5.41, 5.74) is 2.39. The molecule has 1 fully saturated rings. The Labute approximate surface area is 193 Å². The molecule has 1 atom stereocenters. The molecule has 1 aliphatic heterocycles. The third-order valence-corrected chi connectivity index (χ3v) is 5.35. The van der Waals surface area contributed by atoms with Crippen molar-refractivity contribution in [2.24, 2.45) is 4.99 Å². The molecule has 0 bridgehead atoms. The molecule has 0 radical (unpaired) electrons. The van der Waals surface area contributed by atoms with E-state index in [9.17, 15) is 0 Å². The van der Waals surface area contributed by atoms with E-state index in [1.54, 1.807) is 0 Å². The minimum atomic E-state index is 0. The smallest absolute Gasteiger partial charge is 0.191 e. The van der Waals surface area contributed by atoms with Crippen molar-refractivity contribution in [3.05, 3.63) is 52.6 Å². The Balaban J connectivity index is 0.00000280. The highest BCUT2D eigenvalue weighted by Gasteiger charge is 2.24. The molecule has 152 valence electrons. The zero-order valence-electron chi connectivity index (χ0n) is 16.5. The summed E-state index contributed by atoms with van der Waals surface area (Å²) in [6.45, 7) is 2.67. The van der Waals surface area contributed by atoms with Crippen LogP contribution in [0.2, 0.25) is 0 Å². The van der Waals surface area contributed by atoms with Crippen molar-refractivity contribution in [2.75, 3.05) is 44.0 Å². The number of para-hydroxylation sites is 1. The van der Waals surface area contributed by atoms with Gasteiger partial charge in [0.05, 0.1) is 5.69 Å². The van der Waals surface area contributed by atoms with Crippen molar-refractivity contribution >= 4 is 57.4 Å². The molecule has 0 amide bonds. The average molecular weight is 559 g/mol. The highest BCUT2D eigenvalue weighted by Crippen LogP contribution is 2.28. The van der Waals surface area contributed by atoms with Crippen LogP contribution in [0.15, 0.2) is 52.1 Å². The Bertz CT molecular complexity index is 798. The molecular weight excluding hydrogens is 531 g/mol. The summed E-state index contributed by atoms with van der Waals surface area (Å²) in [6.07, 6.45) is 2.90. The lowest BCUT2D eigenvalue weighted by Crippen LogP contribution is -2.44. The van der Waals surface area contributed by atoms with Gasteiger partial charge in [-0.15, -0.1) is 24.0 Å². The van der Waals surface area contributed by atoms with Gasteiger partial charge in [0, 0.05) is 63.1 Å². The van der Waals surface area contributed by atoms with Crippen LogP contribution >= 0.6 is 39.9 Å². The minimum Gasteiger partial charge on any atom is -0.368 e. The summed E-state index contributed by atoms with van der Waals surface area (Å²) in [4.78, 5) is 13.3. The predicted octanol–water partition coefficient (Wildman–Crippen LogP) is 3.47. The van der Waals surface area contributed by atoms with E-state index in [1.165, 1.54) is 5.69 Å². The van der Waals surface area contributed by atoms with Crippen LogP contribution in [0.4, 0.5) is 11.5 Å². The number of nitrogens with one attached hydrogen (secondary N) is 2. The van der Waals surface area contributed by atoms with Gasteiger partial charge in [0.15, 0.2) is 5.96 Å². The lowest BCUT2D eigenvalue weighted by atomic mass is 10.2. The molecule has 0 spiro atoms. The topological polar surface area (TPSA) is 55.8 Å². The number of nitrogens with zero attached hydrogens (tertiary/aromatic N) is 4. The minimum absolute atomic E-state index is 0. The molecule has 1 unspecified atom stereocenters. The Morgan fingerprint density at radius 1 is 1.29 bits per heavy atom.